The minimum atomic E-state index is -0.377. The fraction of sp³-hybridized carbons (Fsp3) is 0.417. The first-order valence-corrected chi connectivity index (χ1v) is 5.81. The van der Waals surface area contributed by atoms with Crippen molar-refractivity contribution in [2.24, 2.45) is 5.41 Å². The Labute approximate surface area is 96.8 Å². The minimum absolute atomic E-state index is 0.0821. The number of carbonyl (C=O) groups is 1. The second-order valence-corrected chi connectivity index (χ2v) is 5.68. The summed E-state index contributed by atoms with van der Waals surface area (Å²) in [6, 6.07) is 5.84. The molecule has 78 valence electrons. The van der Waals surface area contributed by atoms with E-state index in [2.05, 4.69) is 15.9 Å². The second-order valence-electron chi connectivity index (χ2n) is 4.76. The first kappa shape index (κ1) is 9.55. The van der Waals surface area contributed by atoms with Gasteiger partial charge in [-0.25, -0.2) is 0 Å². The predicted octanol–water partition coefficient (Wildman–Crippen LogP) is 3.11. The van der Waals surface area contributed by atoms with Crippen LogP contribution in [0.5, 0.6) is 0 Å². The van der Waals surface area contributed by atoms with Crippen LogP contribution in [0.1, 0.15) is 35.9 Å². The highest BCUT2D eigenvalue weighted by Crippen LogP contribution is 2.55. The van der Waals surface area contributed by atoms with Gasteiger partial charge < -0.3 is 4.74 Å². The van der Waals surface area contributed by atoms with Crippen LogP contribution in [0.2, 0.25) is 0 Å². The molecule has 1 fully saturated rings. The Balaban J connectivity index is 2.22. The molecule has 1 aromatic rings. The van der Waals surface area contributed by atoms with Gasteiger partial charge >= 0.3 is 0 Å². The third kappa shape index (κ3) is 1.16. The van der Waals surface area contributed by atoms with Gasteiger partial charge in [-0.2, -0.15) is 0 Å². The molecule has 2 unspecified atom stereocenters. The molecule has 15 heavy (non-hydrogen) atoms. The fourth-order valence-corrected chi connectivity index (χ4v) is 2.71. The highest BCUT2D eigenvalue weighted by Gasteiger charge is 2.58. The van der Waals surface area contributed by atoms with E-state index in [4.69, 9.17) is 4.74 Å². The number of hydrogen-bond acceptors (Lipinski definition) is 2. The van der Waals surface area contributed by atoms with Crippen molar-refractivity contribution in [3.05, 3.63) is 33.8 Å². The van der Waals surface area contributed by atoms with Gasteiger partial charge in [0.2, 0.25) is 0 Å². The quantitative estimate of drug-likeness (QED) is 0.676. The number of benzene rings is 1. The van der Waals surface area contributed by atoms with Crippen LogP contribution in [0, 0.1) is 5.41 Å². The normalized spacial score (nSPS) is 30.7. The van der Waals surface area contributed by atoms with Crippen molar-refractivity contribution in [2.75, 3.05) is 0 Å². The summed E-state index contributed by atoms with van der Waals surface area (Å²) in [5.41, 5.74) is 1.49. The summed E-state index contributed by atoms with van der Waals surface area (Å²) in [5, 5.41) is 0. The zero-order valence-electron chi connectivity index (χ0n) is 8.58. The van der Waals surface area contributed by atoms with Gasteiger partial charge in [0, 0.05) is 10.0 Å². The van der Waals surface area contributed by atoms with E-state index in [1.165, 1.54) is 0 Å². The second kappa shape index (κ2) is 2.71. The summed E-state index contributed by atoms with van der Waals surface area (Å²) in [5.74, 6) is 0.192. The zero-order valence-corrected chi connectivity index (χ0v) is 10.2. The highest BCUT2D eigenvalue weighted by atomic mass is 79.9. The van der Waals surface area contributed by atoms with E-state index in [9.17, 15) is 4.79 Å². The average molecular weight is 267 g/mol. The van der Waals surface area contributed by atoms with Gasteiger partial charge in [0.1, 0.15) is 12.2 Å². The molecule has 0 radical (unpaired) electrons. The van der Waals surface area contributed by atoms with Crippen molar-refractivity contribution in [1.82, 2.24) is 0 Å². The molecule has 1 aliphatic heterocycles. The molecule has 1 aliphatic carbocycles. The molecule has 0 N–H and O–H groups in total. The molecular formula is C12H11BrO2. The lowest BCUT2D eigenvalue weighted by Crippen LogP contribution is -2.34. The van der Waals surface area contributed by atoms with Crippen molar-refractivity contribution in [3.63, 3.8) is 0 Å². The van der Waals surface area contributed by atoms with Crippen molar-refractivity contribution >= 4 is 21.7 Å². The third-order valence-corrected chi connectivity index (χ3v) is 3.85. The topological polar surface area (TPSA) is 29.6 Å². The van der Waals surface area contributed by atoms with Gasteiger partial charge in [0.15, 0.2) is 5.78 Å². The number of rotatable bonds is 0. The van der Waals surface area contributed by atoms with E-state index in [0.29, 0.717) is 0 Å². The lowest BCUT2D eigenvalue weighted by molar-refractivity contribution is 0.0792. The van der Waals surface area contributed by atoms with E-state index in [1.807, 2.05) is 32.0 Å². The summed E-state index contributed by atoms with van der Waals surface area (Å²) in [6.07, 6.45) is 0.222. The number of Topliss-reactive ketones (excluding diaryl/α,β-unsaturated/α-hetero) is 1. The van der Waals surface area contributed by atoms with Crippen LogP contribution < -0.4 is 0 Å². The highest BCUT2D eigenvalue weighted by molar-refractivity contribution is 9.10. The largest absolute Gasteiger partial charge is 0.363 e. The molecule has 0 amide bonds. The van der Waals surface area contributed by atoms with Crippen LogP contribution >= 0.6 is 15.9 Å². The summed E-state index contributed by atoms with van der Waals surface area (Å²) < 4.78 is 6.54. The number of epoxide rings is 1. The molecule has 1 heterocycles. The van der Waals surface area contributed by atoms with Crippen molar-refractivity contribution in [3.8, 4) is 0 Å². The molecule has 1 aromatic carbocycles. The molecule has 2 atom stereocenters. The minimum Gasteiger partial charge on any atom is -0.363 e. The van der Waals surface area contributed by atoms with Gasteiger partial charge in [-0.3, -0.25) is 4.79 Å². The SMILES string of the molecule is CC1(C)C(=O)c2cc(Br)ccc2C2OC21. The molecule has 1 saturated heterocycles. The third-order valence-electron chi connectivity index (χ3n) is 3.35. The van der Waals surface area contributed by atoms with Crippen LogP contribution in [0.25, 0.3) is 0 Å². The smallest absolute Gasteiger partial charge is 0.171 e. The van der Waals surface area contributed by atoms with E-state index < -0.39 is 0 Å². The zero-order chi connectivity index (χ0) is 10.8. The Morgan fingerprint density at radius 1 is 1.40 bits per heavy atom. The van der Waals surface area contributed by atoms with E-state index >= 15 is 0 Å². The molecule has 0 saturated carbocycles. The molecule has 2 aliphatic rings. The molecule has 0 aromatic heterocycles. The Kier molecular flexibility index (Phi) is 1.73. The van der Waals surface area contributed by atoms with Crippen LogP contribution in [0.4, 0.5) is 0 Å². The van der Waals surface area contributed by atoms with Crippen LogP contribution in [-0.4, -0.2) is 11.9 Å². The number of ketones is 1. The van der Waals surface area contributed by atoms with E-state index in [0.717, 1.165) is 15.6 Å². The van der Waals surface area contributed by atoms with Gasteiger partial charge in [-0.15, -0.1) is 0 Å². The first-order valence-electron chi connectivity index (χ1n) is 5.01. The molecule has 3 heteroatoms. The predicted molar refractivity (Wildman–Crippen MR) is 59.9 cm³/mol. The van der Waals surface area contributed by atoms with Gasteiger partial charge in [0.25, 0.3) is 0 Å². The summed E-state index contributed by atoms with van der Waals surface area (Å²) in [4.78, 5) is 12.2. The Bertz CT molecular complexity index is 465. The van der Waals surface area contributed by atoms with Gasteiger partial charge in [-0.05, 0) is 31.5 Å². The summed E-state index contributed by atoms with van der Waals surface area (Å²) in [6.45, 7) is 3.92. The standard InChI is InChI=1S/C12H11BrO2/c1-12(2)10(14)8-5-6(13)3-4-7(8)9-11(12)15-9/h3-5,9,11H,1-2H3. The van der Waals surface area contributed by atoms with Crippen molar-refractivity contribution < 1.29 is 9.53 Å². The van der Waals surface area contributed by atoms with E-state index in [-0.39, 0.29) is 23.4 Å². The monoisotopic (exact) mass is 266 g/mol. The van der Waals surface area contributed by atoms with Crippen LogP contribution in [0.15, 0.2) is 22.7 Å². The fourth-order valence-electron chi connectivity index (χ4n) is 2.35. The number of ether oxygens (including phenoxy) is 1. The van der Waals surface area contributed by atoms with Gasteiger partial charge in [-0.1, -0.05) is 22.0 Å². The first-order chi connectivity index (χ1) is 7.01. The summed E-state index contributed by atoms with van der Waals surface area (Å²) in [7, 11) is 0. The molecule has 0 bridgehead atoms. The number of fused-ring (bicyclic) bond motifs is 3. The number of halogens is 1. The maximum Gasteiger partial charge on any atom is 0.171 e. The lowest BCUT2D eigenvalue weighted by atomic mass is 9.73. The molecular weight excluding hydrogens is 256 g/mol. The summed E-state index contributed by atoms with van der Waals surface area (Å²) >= 11 is 3.40. The molecule has 3 rings (SSSR count). The maximum atomic E-state index is 12.2. The average Bonchev–Trinajstić information content (AvgIpc) is 2.95. The van der Waals surface area contributed by atoms with Crippen LogP contribution in [0.3, 0.4) is 0 Å². The van der Waals surface area contributed by atoms with Crippen molar-refractivity contribution in [2.45, 2.75) is 26.1 Å². The Morgan fingerprint density at radius 2 is 2.13 bits per heavy atom. The van der Waals surface area contributed by atoms with Crippen LogP contribution in [-0.2, 0) is 4.74 Å². The molecule has 0 spiro atoms. The maximum absolute atomic E-state index is 12.2. The van der Waals surface area contributed by atoms with Crippen molar-refractivity contribution in [1.29, 1.82) is 0 Å². The molecule has 2 nitrogen and oxygen atoms in total. The number of carbonyl (C=O) groups excluding carboxylic acids is 1. The Hall–Kier alpha value is -0.670. The van der Waals surface area contributed by atoms with E-state index in [1.54, 1.807) is 0 Å². The lowest BCUT2D eigenvalue weighted by Gasteiger charge is -2.26. The van der Waals surface area contributed by atoms with Gasteiger partial charge in [0.05, 0.1) is 5.41 Å². The number of hydrogen-bond donors (Lipinski definition) is 0. The Morgan fingerprint density at radius 3 is 2.87 bits per heavy atom.